The van der Waals surface area contributed by atoms with Crippen LogP contribution >= 0.6 is 0 Å². The molecule has 0 rings (SSSR count). The van der Waals surface area contributed by atoms with Gasteiger partial charge in [-0.15, -0.1) is 0 Å². The Kier molecular flexibility index (Phi) is 67.1. The molecule has 0 aliphatic rings. The standard InChI is InChI=1S/C74H138O6/c1-4-7-10-13-16-19-22-25-27-29-31-32-33-34-35-36-37-38-39-40-41-43-44-46-49-52-55-58-61-64-67-73(76)79-70-71(69-78-72(75)66-63-60-57-54-51-48-24-21-18-15-12-9-6-3)80-74(77)68-65-62-59-56-53-50-47-45-42-30-28-26-23-20-17-14-11-8-5-2/h17,20,26,28,42,45,71H,4-16,18-19,21-25,27,29-41,43-44,46-70H2,1-3H3/b20-17-,28-26-,45-42-. The van der Waals surface area contributed by atoms with E-state index < -0.39 is 6.10 Å². The molecule has 1 unspecified atom stereocenters. The Hall–Kier alpha value is -2.37. The molecule has 0 saturated heterocycles. The molecule has 0 aliphatic heterocycles. The zero-order valence-electron chi connectivity index (χ0n) is 54.1. The second-order valence-corrected chi connectivity index (χ2v) is 24.5. The number of rotatable bonds is 67. The maximum atomic E-state index is 12.9. The monoisotopic (exact) mass is 1120 g/mol. The smallest absolute Gasteiger partial charge is 0.306 e. The van der Waals surface area contributed by atoms with Gasteiger partial charge in [-0.1, -0.05) is 359 Å². The van der Waals surface area contributed by atoms with Crippen LogP contribution in [0.15, 0.2) is 36.5 Å². The molecule has 1 atom stereocenters. The first-order chi connectivity index (χ1) is 39.5. The zero-order valence-corrected chi connectivity index (χ0v) is 54.1. The number of allylic oxidation sites excluding steroid dienone is 6. The largest absolute Gasteiger partial charge is 0.462 e. The van der Waals surface area contributed by atoms with Crippen LogP contribution in [0.1, 0.15) is 400 Å². The number of hydrogen-bond acceptors (Lipinski definition) is 6. The summed E-state index contributed by atoms with van der Waals surface area (Å²) in [5.74, 6) is -0.856. The average molecular weight is 1120 g/mol. The lowest BCUT2D eigenvalue weighted by molar-refractivity contribution is -0.167. The van der Waals surface area contributed by atoms with Gasteiger partial charge in [-0.25, -0.2) is 0 Å². The molecular formula is C74H138O6. The molecular weight excluding hydrogens is 985 g/mol. The number of unbranched alkanes of at least 4 members (excludes halogenated alkanes) is 50. The molecule has 6 nitrogen and oxygen atoms in total. The van der Waals surface area contributed by atoms with E-state index in [-0.39, 0.29) is 31.1 Å². The number of hydrogen-bond donors (Lipinski definition) is 0. The molecule has 0 aromatic rings. The second-order valence-electron chi connectivity index (χ2n) is 24.5. The fourth-order valence-corrected chi connectivity index (χ4v) is 11.0. The fourth-order valence-electron chi connectivity index (χ4n) is 11.0. The van der Waals surface area contributed by atoms with Gasteiger partial charge in [0.1, 0.15) is 13.2 Å². The molecule has 470 valence electrons. The van der Waals surface area contributed by atoms with Crippen molar-refractivity contribution in [1.29, 1.82) is 0 Å². The van der Waals surface area contributed by atoms with Crippen molar-refractivity contribution in [3.63, 3.8) is 0 Å². The first-order valence-electron chi connectivity index (χ1n) is 36.0. The van der Waals surface area contributed by atoms with Gasteiger partial charge in [-0.3, -0.25) is 14.4 Å². The number of esters is 3. The highest BCUT2D eigenvalue weighted by atomic mass is 16.6. The Morgan fingerprint density at radius 3 is 0.725 bits per heavy atom. The van der Waals surface area contributed by atoms with Gasteiger partial charge in [-0.05, 0) is 57.8 Å². The highest BCUT2D eigenvalue weighted by molar-refractivity contribution is 5.71. The lowest BCUT2D eigenvalue weighted by Gasteiger charge is -2.18. The summed E-state index contributed by atoms with van der Waals surface area (Å²) in [4.78, 5) is 38.4. The van der Waals surface area contributed by atoms with Crippen LogP contribution in [0.5, 0.6) is 0 Å². The summed E-state index contributed by atoms with van der Waals surface area (Å²) in [5.41, 5.74) is 0. The summed E-state index contributed by atoms with van der Waals surface area (Å²) in [6.07, 6.45) is 86.1. The van der Waals surface area contributed by atoms with Crippen LogP contribution in [0.4, 0.5) is 0 Å². The molecule has 0 radical (unpaired) electrons. The van der Waals surface area contributed by atoms with E-state index in [1.54, 1.807) is 0 Å². The van der Waals surface area contributed by atoms with E-state index in [2.05, 4.69) is 57.2 Å². The first kappa shape index (κ1) is 77.6. The number of ether oxygens (including phenoxy) is 3. The lowest BCUT2D eigenvalue weighted by Crippen LogP contribution is -2.30. The minimum atomic E-state index is -0.777. The Balaban J connectivity index is 4.17. The van der Waals surface area contributed by atoms with Crippen LogP contribution in [0.3, 0.4) is 0 Å². The Labute approximate surface area is 499 Å². The highest BCUT2D eigenvalue weighted by Gasteiger charge is 2.19. The van der Waals surface area contributed by atoms with Gasteiger partial charge in [0.25, 0.3) is 0 Å². The van der Waals surface area contributed by atoms with E-state index in [1.807, 2.05) is 0 Å². The van der Waals surface area contributed by atoms with Crippen molar-refractivity contribution < 1.29 is 28.6 Å². The van der Waals surface area contributed by atoms with Crippen LogP contribution in [-0.2, 0) is 28.6 Å². The zero-order chi connectivity index (χ0) is 57.8. The summed E-state index contributed by atoms with van der Waals surface area (Å²) in [5, 5.41) is 0. The summed E-state index contributed by atoms with van der Waals surface area (Å²) in [6.45, 7) is 6.68. The van der Waals surface area contributed by atoms with Crippen LogP contribution in [0, 0.1) is 0 Å². The van der Waals surface area contributed by atoms with E-state index in [1.165, 1.54) is 283 Å². The first-order valence-corrected chi connectivity index (χ1v) is 36.0. The molecule has 0 saturated carbocycles. The van der Waals surface area contributed by atoms with Crippen molar-refractivity contribution in [2.45, 2.75) is 406 Å². The third kappa shape index (κ3) is 66.4. The molecule has 0 bridgehead atoms. The maximum Gasteiger partial charge on any atom is 0.306 e. The van der Waals surface area contributed by atoms with Crippen molar-refractivity contribution in [2.75, 3.05) is 13.2 Å². The van der Waals surface area contributed by atoms with Crippen LogP contribution in [-0.4, -0.2) is 37.2 Å². The van der Waals surface area contributed by atoms with Crippen molar-refractivity contribution in [1.82, 2.24) is 0 Å². The third-order valence-corrected chi connectivity index (χ3v) is 16.4. The van der Waals surface area contributed by atoms with Gasteiger partial charge in [0.15, 0.2) is 6.10 Å². The average Bonchev–Trinajstić information content (AvgIpc) is 3.46. The van der Waals surface area contributed by atoms with E-state index >= 15 is 0 Å². The quantitative estimate of drug-likeness (QED) is 0.0261. The summed E-state index contributed by atoms with van der Waals surface area (Å²) in [6, 6.07) is 0. The van der Waals surface area contributed by atoms with Gasteiger partial charge >= 0.3 is 17.9 Å². The molecule has 0 spiro atoms. The van der Waals surface area contributed by atoms with Gasteiger partial charge in [0, 0.05) is 19.3 Å². The van der Waals surface area contributed by atoms with Gasteiger partial charge in [0.2, 0.25) is 0 Å². The summed E-state index contributed by atoms with van der Waals surface area (Å²) in [7, 11) is 0. The van der Waals surface area contributed by atoms with Crippen LogP contribution in [0.25, 0.3) is 0 Å². The maximum absolute atomic E-state index is 12.9. The summed E-state index contributed by atoms with van der Waals surface area (Å²) < 4.78 is 17.0. The molecule has 0 aliphatic carbocycles. The second kappa shape index (κ2) is 69.1. The molecule has 0 heterocycles. The topological polar surface area (TPSA) is 78.9 Å². The number of carbonyl (C=O) groups excluding carboxylic acids is 3. The van der Waals surface area contributed by atoms with Crippen molar-refractivity contribution in [3.8, 4) is 0 Å². The lowest BCUT2D eigenvalue weighted by atomic mass is 10.0. The van der Waals surface area contributed by atoms with E-state index in [9.17, 15) is 14.4 Å². The normalized spacial score (nSPS) is 12.2. The third-order valence-electron chi connectivity index (χ3n) is 16.4. The van der Waals surface area contributed by atoms with E-state index in [4.69, 9.17) is 14.2 Å². The Morgan fingerprint density at radius 1 is 0.250 bits per heavy atom. The Bertz CT molecular complexity index is 1340. The fraction of sp³-hybridized carbons (Fsp3) is 0.878. The van der Waals surface area contributed by atoms with Crippen molar-refractivity contribution >= 4 is 17.9 Å². The summed E-state index contributed by atoms with van der Waals surface area (Å²) >= 11 is 0. The van der Waals surface area contributed by atoms with E-state index in [0.29, 0.717) is 19.3 Å². The van der Waals surface area contributed by atoms with Crippen LogP contribution in [0.2, 0.25) is 0 Å². The SMILES string of the molecule is CCCCC/C=C\C/C=C\C/C=C\CCCCCCCCC(=O)OC(COC(=O)CCCCCCCCCCCCCCC)COC(=O)CCCCCCCCCCCCCCCCCCCCCCCCCCCCCCCC. The number of carbonyl (C=O) groups is 3. The van der Waals surface area contributed by atoms with E-state index in [0.717, 1.165) is 77.0 Å². The van der Waals surface area contributed by atoms with Crippen molar-refractivity contribution in [2.24, 2.45) is 0 Å². The molecule has 0 fully saturated rings. The predicted molar refractivity (Wildman–Crippen MR) is 349 cm³/mol. The van der Waals surface area contributed by atoms with Gasteiger partial charge in [-0.2, -0.15) is 0 Å². The molecule has 0 aromatic heterocycles. The highest BCUT2D eigenvalue weighted by Crippen LogP contribution is 2.19. The van der Waals surface area contributed by atoms with Crippen molar-refractivity contribution in [3.05, 3.63) is 36.5 Å². The molecule has 0 aromatic carbocycles. The minimum Gasteiger partial charge on any atom is -0.462 e. The molecule has 6 heteroatoms. The Morgan fingerprint density at radius 2 is 0.450 bits per heavy atom. The molecule has 0 N–H and O–H groups in total. The van der Waals surface area contributed by atoms with Gasteiger partial charge in [0.05, 0.1) is 0 Å². The molecule has 80 heavy (non-hydrogen) atoms. The minimum absolute atomic E-state index is 0.0720. The predicted octanol–water partition coefficient (Wildman–Crippen LogP) is 24.7. The van der Waals surface area contributed by atoms with Crippen LogP contribution < -0.4 is 0 Å². The van der Waals surface area contributed by atoms with Gasteiger partial charge < -0.3 is 14.2 Å². The molecule has 0 amide bonds.